The van der Waals surface area contributed by atoms with Crippen LogP contribution in [0.25, 0.3) is 0 Å². The van der Waals surface area contributed by atoms with Crippen LogP contribution < -0.4 is 5.32 Å². The molecule has 1 fully saturated rings. The Morgan fingerprint density at radius 1 is 1.26 bits per heavy atom. The normalized spacial score (nSPS) is 19.7. The van der Waals surface area contributed by atoms with Gasteiger partial charge < -0.3 is 19.9 Å². The number of nitrogens with one attached hydrogen (secondary N) is 1. The fourth-order valence-corrected chi connectivity index (χ4v) is 2.70. The van der Waals surface area contributed by atoms with Gasteiger partial charge in [-0.25, -0.2) is 0 Å². The Hall–Kier alpha value is -0.160. The van der Waals surface area contributed by atoms with E-state index in [1.54, 1.807) is 7.11 Å². The minimum atomic E-state index is -0.425. The molecule has 19 heavy (non-hydrogen) atoms. The Bertz CT molecular complexity index is 208. The SMILES string of the molecule is COCC(C)OCC(O)CNCCCC1CCCC1. The van der Waals surface area contributed by atoms with Crippen LogP contribution >= 0.6 is 0 Å². The van der Waals surface area contributed by atoms with Gasteiger partial charge in [0.2, 0.25) is 0 Å². The van der Waals surface area contributed by atoms with Crippen LogP contribution in [-0.4, -0.2) is 50.7 Å². The third kappa shape index (κ3) is 8.58. The highest BCUT2D eigenvalue weighted by molar-refractivity contribution is 4.68. The van der Waals surface area contributed by atoms with Gasteiger partial charge in [0.05, 0.1) is 25.4 Å². The highest BCUT2D eigenvalue weighted by Crippen LogP contribution is 2.28. The molecular weight excluding hydrogens is 242 g/mol. The molecule has 1 saturated carbocycles. The van der Waals surface area contributed by atoms with Crippen LogP contribution in [0.2, 0.25) is 0 Å². The summed E-state index contributed by atoms with van der Waals surface area (Å²) in [5, 5.41) is 13.1. The van der Waals surface area contributed by atoms with E-state index in [0.29, 0.717) is 19.8 Å². The largest absolute Gasteiger partial charge is 0.389 e. The lowest BCUT2D eigenvalue weighted by atomic mass is 10.0. The minimum absolute atomic E-state index is 0.0435. The summed E-state index contributed by atoms with van der Waals surface area (Å²) >= 11 is 0. The zero-order valence-electron chi connectivity index (χ0n) is 12.6. The molecular formula is C15H31NO3. The molecule has 2 atom stereocenters. The van der Waals surface area contributed by atoms with E-state index in [1.165, 1.54) is 38.5 Å². The molecule has 0 spiro atoms. The highest BCUT2D eigenvalue weighted by atomic mass is 16.5. The van der Waals surface area contributed by atoms with E-state index in [0.717, 1.165) is 12.5 Å². The Balaban J connectivity index is 1.87. The second-order valence-electron chi connectivity index (χ2n) is 5.75. The standard InChI is InChI=1S/C15H31NO3/c1-13(11-18-2)19-12-15(17)10-16-9-5-8-14-6-3-4-7-14/h13-17H,3-12H2,1-2H3. The van der Waals surface area contributed by atoms with Crippen LogP contribution in [0.1, 0.15) is 45.4 Å². The van der Waals surface area contributed by atoms with E-state index < -0.39 is 6.10 Å². The highest BCUT2D eigenvalue weighted by Gasteiger charge is 2.14. The molecule has 1 aliphatic carbocycles. The summed E-state index contributed by atoms with van der Waals surface area (Å²) in [4.78, 5) is 0. The summed E-state index contributed by atoms with van der Waals surface area (Å²) in [5.41, 5.74) is 0. The molecule has 0 amide bonds. The maximum atomic E-state index is 9.75. The van der Waals surface area contributed by atoms with Gasteiger partial charge in [-0.3, -0.25) is 0 Å². The zero-order chi connectivity index (χ0) is 13.9. The number of hydrogen-bond donors (Lipinski definition) is 2. The lowest BCUT2D eigenvalue weighted by molar-refractivity contribution is -0.0310. The van der Waals surface area contributed by atoms with E-state index in [1.807, 2.05) is 6.92 Å². The minimum Gasteiger partial charge on any atom is -0.389 e. The molecule has 0 aromatic carbocycles. The summed E-state index contributed by atoms with van der Waals surface area (Å²) in [6.45, 7) is 4.51. The third-order valence-electron chi connectivity index (χ3n) is 3.80. The molecule has 1 aliphatic rings. The number of aliphatic hydroxyl groups excluding tert-OH is 1. The van der Waals surface area contributed by atoms with Gasteiger partial charge in [0.1, 0.15) is 0 Å². The molecule has 0 aromatic rings. The fraction of sp³-hybridized carbons (Fsp3) is 1.00. The number of methoxy groups -OCH3 is 1. The van der Waals surface area contributed by atoms with E-state index in [9.17, 15) is 5.11 Å². The molecule has 2 unspecified atom stereocenters. The molecule has 4 heteroatoms. The number of ether oxygens (including phenoxy) is 2. The van der Waals surface area contributed by atoms with Gasteiger partial charge in [-0.05, 0) is 32.2 Å². The molecule has 0 radical (unpaired) electrons. The van der Waals surface area contributed by atoms with Crippen LogP contribution in [0.5, 0.6) is 0 Å². The van der Waals surface area contributed by atoms with Crippen molar-refractivity contribution >= 4 is 0 Å². The van der Waals surface area contributed by atoms with Gasteiger partial charge in [0.25, 0.3) is 0 Å². The first-order valence-electron chi connectivity index (χ1n) is 7.71. The summed E-state index contributed by atoms with van der Waals surface area (Å²) in [7, 11) is 1.65. The van der Waals surface area contributed by atoms with Crippen molar-refractivity contribution in [3.05, 3.63) is 0 Å². The van der Waals surface area contributed by atoms with Gasteiger partial charge >= 0.3 is 0 Å². The first-order chi connectivity index (χ1) is 9.22. The lowest BCUT2D eigenvalue weighted by Gasteiger charge is -2.16. The van der Waals surface area contributed by atoms with E-state index >= 15 is 0 Å². The fourth-order valence-electron chi connectivity index (χ4n) is 2.70. The van der Waals surface area contributed by atoms with E-state index in [4.69, 9.17) is 9.47 Å². The van der Waals surface area contributed by atoms with Crippen molar-refractivity contribution in [2.75, 3.05) is 33.4 Å². The van der Waals surface area contributed by atoms with Crippen LogP contribution in [0.15, 0.2) is 0 Å². The molecule has 0 bridgehead atoms. The van der Waals surface area contributed by atoms with Crippen molar-refractivity contribution in [3.63, 3.8) is 0 Å². The monoisotopic (exact) mass is 273 g/mol. The lowest BCUT2D eigenvalue weighted by Crippen LogP contribution is -2.32. The van der Waals surface area contributed by atoms with E-state index in [2.05, 4.69) is 5.32 Å². The van der Waals surface area contributed by atoms with Crippen molar-refractivity contribution in [2.24, 2.45) is 5.92 Å². The van der Waals surface area contributed by atoms with Gasteiger partial charge in [0.15, 0.2) is 0 Å². The first-order valence-corrected chi connectivity index (χ1v) is 7.71. The Labute approximate surface area is 117 Å². The molecule has 0 heterocycles. The predicted octanol–water partition coefficient (Wildman–Crippen LogP) is 1.96. The van der Waals surface area contributed by atoms with Crippen molar-refractivity contribution < 1.29 is 14.6 Å². The van der Waals surface area contributed by atoms with Gasteiger partial charge in [-0.2, -0.15) is 0 Å². The Morgan fingerprint density at radius 2 is 2.00 bits per heavy atom. The van der Waals surface area contributed by atoms with Crippen molar-refractivity contribution in [1.82, 2.24) is 5.32 Å². The van der Waals surface area contributed by atoms with Crippen molar-refractivity contribution in [3.8, 4) is 0 Å². The van der Waals surface area contributed by atoms with Crippen LogP contribution in [-0.2, 0) is 9.47 Å². The number of hydrogen-bond acceptors (Lipinski definition) is 4. The van der Waals surface area contributed by atoms with Crippen molar-refractivity contribution in [1.29, 1.82) is 0 Å². The van der Waals surface area contributed by atoms with Gasteiger partial charge in [-0.15, -0.1) is 0 Å². The molecule has 2 N–H and O–H groups in total. The Kier molecular flexibility index (Phi) is 9.43. The predicted molar refractivity (Wildman–Crippen MR) is 77.4 cm³/mol. The van der Waals surface area contributed by atoms with Crippen molar-refractivity contribution in [2.45, 2.75) is 57.7 Å². The molecule has 4 nitrogen and oxygen atoms in total. The van der Waals surface area contributed by atoms with Crippen LogP contribution in [0.3, 0.4) is 0 Å². The molecule has 0 saturated heterocycles. The zero-order valence-corrected chi connectivity index (χ0v) is 12.6. The number of rotatable bonds is 11. The summed E-state index contributed by atoms with van der Waals surface area (Å²) in [5.74, 6) is 0.963. The van der Waals surface area contributed by atoms with Crippen LogP contribution in [0.4, 0.5) is 0 Å². The maximum Gasteiger partial charge on any atom is 0.0897 e. The summed E-state index contributed by atoms with van der Waals surface area (Å²) < 4.78 is 10.4. The first kappa shape index (κ1) is 16.9. The molecule has 0 aromatic heterocycles. The number of aliphatic hydroxyl groups is 1. The smallest absolute Gasteiger partial charge is 0.0897 e. The average molecular weight is 273 g/mol. The molecule has 0 aliphatic heterocycles. The molecule has 114 valence electrons. The van der Waals surface area contributed by atoms with Gasteiger partial charge in [-0.1, -0.05) is 25.7 Å². The maximum absolute atomic E-state index is 9.75. The second kappa shape index (κ2) is 10.6. The van der Waals surface area contributed by atoms with Gasteiger partial charge in [0, 0.05) is 13.7 Å². The summed E-state index contributed by atoms with van der Waals surface area (Å²) in [6, 6.07) is 0. The Morgan fingerprint density at radius 3 is 2.68 bits per heavy atom. The quantitative estimate of drug-likeness (QED) is 0.565. The summed E-state index contributed by atoms with van der Waals surface area (Å²) in [6.07, 6.45) is 7.87. The van der Waals surface area contributed by atoms with E-state index in [-0.39, 0.29) is 6.10 Å². The van der Waals surface area contributed by atoms with Crippen LogP contribution in [0, 0.1) is 5.92 Å². The second-order valence-corrected chi connectivity index (χ2v) is 5.75. The molecule has 1 rings (SSSR count). The topological polar surface area (TPSA) is 50.7 Å². The average Bonchev–Trinajstić information content (AvgIpc) is 2.89. The third-order valence-corrected chi connectivity index (χ3v) is 3.80.